The van der Waals surface area contributed by atoms with E-state index in [9.17, 15) is 4.79 Å². The van der Waals surface area contributed by atoms with Gasteiger partial charge in [0.15, 0.2) is 0 Å². The van der Waals surface area contributed by atoms with Crippen molar-refractivity contribution in [1.82, 2.24) is 0 Å². The summed E-state index contributed by atoms with van der Waals surface area (Å²) in [6.07, 6.45) is 2.09. The lowest BCUT2D eigenvalue weighted by atomic mass is 9.81. The maximum Gasteiger partial charge on any atom is 0.304 e. The topological polar surface area (TPSA) is 46.5 Å². The number of methoxy groups -OCH3 is 1. The molecule has 17 heavy (non-hydrogen) atoms. The lowest BCUT2D eigenvalue weighted by Crippen LogP contribution is -2.21. The Labute approximate surface area is 106 Å². The second-order valence-electron chi connectivity index (χ2n) is 4.52. The van der Waals surface area contributed by atoms with Crippen molar-refractivity contribution in [3.8, 4) is 5.75 Å². The molecule has 0 bridgehead atoms. The minimum absolute atomic E-state index is 0.106. The fourth-order valence-corrected chi connectivity index (χ4v) is 2.28. The Morgan fingerprint density at radius 1 is 1.47 bits per heavy atom. The normalized spacial score (nSPS) is 11.3. The van der Waals surface area contributed by atoms with Crippen molar-refractivity contribution < 1.29 is 14.6 Å². The monoisotopic (exact) mass is 254 g/mol. The first-order chi connectivity index (χ1) is 7.90. The van der Waals surface area contributed by atoms with Crippen LogP contribution in [0.2, 0.25) is 0 Å². The van der Waals surface area contributed by atoms with Gasteiger partial charge in [0.1, 0.15) is 5.75 Å². The lowest BCUT2D eigenvalue weighted by molar-refractivity contribution is -0.138. The number of thioether (sulfide) groups is 1. The minimum atomic E-state index is -0.789. The summed E-state index contributed by atoms with van der Waals surface area (Å²) in [4.78, 5) is 11.9. The highest BCUT2D eigenvalue weighted by molar-refractivity contribution is 7.98. The molecule has 0 spiro atoms. The van der Waals surface area contributed by atoms with Gasteiger partial charge in [0, 0.05) is 10.3 Å². The molecule has 4 heteroatoms. The van der Waals surface area contributed by atoms with E-state index in [-0.39, 0.29) is 6.42 Å². The molecular weight excluding hydrogens is 236 g/mol. The van der Waals surface area contributed by atoms with Gasteiger partial charge in [-0.1, -0.05) is 19.9 Å². The number of hydrogen-bond donors (Lipinski definition) is 1. The third kappa shape index (κ3) is 3.40. The SMILES string of the molecule is COc1cc(C(C)(C)CC(=O)O)ccc1SC. The summed E-state index contributed by atoms with van der Waals surface area (Å²) in [7, 11) is 1.63. The molecule has 1 rings (SSSR count). The molecule has 1 aromatic carbocycles. The second-order valence-corrected chi connectivity index (χ2v) is 5.37. The highest BCUT2D eigenvalue weighted by atomic mass is 32.2. The van der Waals surface area contributed by atoms with Gasteiger partial charge in [-0.05, 0) is 24.0 Å². The third-order valence-corrected chi connectivity index (χ3v) is 3.54. The molecule has 0 atom stereocenters. The van der Waals surface area contributed by atoms with Gasteiger partial charge in [0.05, 0.1) is 13.5 Å². The Morgan fingerprint density at radius 3 is 2.59 bits per heavy atom. The van der Waals surface area contributed by atoms with Crippen LogP contribution in [0, 0.1) is 0 Å². The number of ether oxygens (including phenoxy) is 1. The number of aliphatic carboxylic acids is 1. The maximum absolute atomic E-state index is 10.8. The van der Waals surface area contributed by atoms with Crippen LogP contribution in [0.25, 0.3) is 0 Å². The van der Waals surface area contributed by atoms with Gasteiger partial charge >= 0.3 is 5.97 Å². The van der Waals surface area contributed by atoms with Crippen molar-refractivity contribution in [3.05, 3.63) is 23.8 Å². The van der Waals surface area contributed by atoms with E-state index in [0.717, 1.165) is 16.2 Å². The smallest absolute Gasteiger partial charge is 0.304 e. The Kier molecular flexibility index (Phi) is 4.46. The third-order valence-electron chi connectivity index (χ3n) is 2.76. The minimum Gasteiger partial charge on any atom is -0.496 e. The van der Waals surface area contributed by atoms with E-state index in [4.69, 9.17) is 9.84 Å². The van der Waals surface area contributed by atoms with E-state index in [1.807, 2.05) is 38.3 Å². The summed E-state index contributed by atoms with van der Waals surface area (Å²) >= 11 is 1.61. The average molecular weight is 254 g/mol. The van der Waals surface area contributed by atoms with Gasteiger partial charge in [-0.15, -0.1) is 11.8 Å². The van der Waals surface area contributed by atoms with Crippen LogP contribution in [0.1, 0.15) is 25.8 Å². The van der Waals surface area contributed by atoms with Crippen LogP contribution < -0.4 is 4.74 Å². The first-order valence-electron chi connectivity index (χ1n) is 5.35. The summed E-state index contributed by atoms with van der Waals surface area (Å²) in [5, 5.41) is 8.90. The van der Waals surface area contributed by atoms with E-state index in [1.54, 1.807) is 18.9 Å². The van der Waals surface area contributed by atoms with Crippen molar-refractivity contribution >= 4 is 17.7 Å². The highest BCUT2D eigenvalue weighted by Crippen LogP contribution is 2.34. The van der Waals surface area contributed by atoms with Crippen molar-refractivity contribution in [1.29, 1.82) is 0 Å². The van der Waals surface area contributed by atoms with Crippen LogP contribution in [-0.4, -0.2) is 24.4 Å². The van der Waals surface area contributed by atoms with Crippen LogP contribution >= 0.6 is 11.8 Å². The van der Waals surface area contributed by atoms with E-state index < -0.39 is 11.4 Å². The van der Waals surface area contributed by atoms with Gasteiger partial charge in [-0.3, -0.25) is 4.79 Å². The van der Waals surface area contributed by atoms with E-state index in [2.05, 4.69) is 0 Å². The summed E-state index contributed by atoms with van der Waals surface area (Å²) in [6.45, 7) is 3.85. The standard InChI is InChI=1S/C13H18O3S/c1-13(2,8-12(14)15)9-5-6-11(17-4)10(7-9)16-3/h5-7H,8H2,1-4H3,(H,14,15). The van der Waals surface area contributed by atoms with Gasteiger partial charge in [-0.2, -0.15) is 0 Å². The predicted molar refractivity (Wildman–Crippen MR) is 70.1 cm³/mol. The molecule has 94 valence electrons. The molecule has 0 amide bonds. The Balaban J connectivity index is 3.10. The summed E-state index contributed by atoms with van der Waals surface area (Å²) in [5.74, 6) is 0.0105. The molecule has 0 unspecified atom stereocenters. The number of carboxylic acids is 1. The lowest BCUT2D eigenvalue weighted by Gasteiger charge is -2.24. The van der Waals surface area contributed by atoms with Crippen LogP contribution in [0.4, 0.5) is 0 Å². The van der Waals surface area contributed by atoms with Gasteiger partial charge < -0.3 is 9.84 Å². The fraction of sp³-hybridized carbons (Fsp3) is 0.462. The van der Waals surface area contributed by atoms with Crippen molar-refractivity contribution in [2.75, 3.05) is 13.4 Å². The molecular formula is C13H18O3S. The van der Waals surface area contributed by atoms with Gasteiger partial charge in [0.25, 0.3) is 0 Å². The zero-order chi connectivity index (χ0) is 13.1. The molecule has 0 aliphatic heterocycles. The first-order valence-corrected chi connectivity index (χ1v) is 6.57. The Hall–Kier alpha value is -1.16. The van der Waals surface area contributed by atoms with Crippen molar-refractivity contribution in [2.45, 2.75) is 30.6 Å². The van der Waals surface area contributed by atoms with Gasteiger partial charge in [-0.25, -0.2) is 0 Å². The van der Waals surface area contributed by atoms with Crippen LogP contribution in [0.15, 0.2) is 23.1 Å². The Morgan fingerprint density at radius 2 is 2.12 bits per heavy atom. The van der Waals surface area contributed by atoms with Crippen LogP contribution in [0.3, 0.4) is 0 Å². The predicted octanol–water partition coefficient (Wildman–Crippen LogP) is 3.17. The molecule has 0 aliphatic rings. The molecule has 0 radical (unpaired) electrons. The summed E-state index contributed by atoms with van der Waals surface area (Å²) < 4.78 is 5.31. The summed E-state index contributed by atoms with van der Waals surface area (Å²) in [6, 6.07) is 5.87. The Bertz CT molecular complexity index is 413. The molecule has 1 N–H and O–H groups in total. The number of hydrogen-bond acceptors (Lipinski definition) is 3. The van der Waals surface area contributed by atoms with Crippen LogP contribution in [0.5, 0.6) is 5.75 Å². The fourth-order valence-electron chi connectivity index (χ4n) is 1.74. The quantitative estimate of drug-likeness (QED) is 0.820. The highest BCUT2D eigenvalue weighted by Gasteiger charge is 2.25. The molecule has 0 aliphatic carbocycles. The largest absolute Gasteiger partial charge is 0.496 e. The van der Waals surface area contributed by atoms with E-state index in [1.165, 1.54) is 0 Å². The molecule has 3 nitrogen and oxygen atoms in total. The molecule has 0 heterocycles. The van der Waals surface area contributed by atoms with Crippen molar-refractivity contribution in [2.24, 2.45) is 0 Å². The number of rotatable bonds is 5. The van der Waals surface area contributed by atoms with E-state index in [0.29, 0.717) is 0 Å². The zero-order valence-corrected chi connectivity index (χ0v) is 11.4. The molecule has 1 aromatic rings. The second kappa shape index (κ2) is 5.45. The van der Waals surface area contributed by atoms with Gasteiger partial charge in [0.2, 0.25) is 0 Å². The molecule has 0 saturated carbocycles. The number of benzene rings is 1. The van der Waals surface area contributed by atoms with Crippen molar-refractivity contribution in [3.63, 3.8) is 0 Å². The molecule has 0 aromatic heterocycles. The van der Waals surface area contributed by atoms with E-state index >= 15 is 0 Å². The first kappa shape index (κ1) is 13.9. The molecule has 0 fully saturated rings. The summed E-state index contributed by atoms with van der Waals surface area (Å²) in [5.41, 5.74) is 0.588. The number of carbonyl (C=O) groups is 1. The maximum atomic E-state index is 10.8. The zero-order valence-electron chi connectivity index (χ0n) is 10.6. The molecule has 0 saturated heterocycles. The average Bonchev–Trinajstić information content (AvgIpc) is 2.26. The number of carboxylic acid groups (broad SMARTS) is 1. The van der Waals surface area contributed by atoms with Crippen LogP contribution in [-0.2, 0) is 10.2 Å².